The van der Waals surface area contributed by atoms with Gasteiger partial charge in [-0.05, 0) is 6.92 Å². The van der Waals surface area contributed by atoms with Crippen molar-refractivity contribution in [2.45, 2.75) is 68.3 Å². The maximum atomic E-state index is 9.96. The largest absolute Gasteiger partial charge is 0.394 e. The minimum Gasteiger partial charge on any atom is -0.394 e. The van der Waals surface area contributed by atoms with Crippen LogP contribution in [-0.4, -0.2) is 104 Å². The molecule has 2 rings (SSSR count). The zero-order valence-electron chi connectivity index (χ0n) is 11.8. The van der Waals surface area contributed by atoms with Crippen molar-refractivity contribution in [1.82, 2.24) is 0 Å². The van der Waals surface area contributed by atoms with Crippen LogP contribution in [0.15, 0.2) is 0 Å². The van der Waals surface area contributed by atoms with Gasteiger partial charge < -0.3 is 50.0 Å². The van der Waals surface area contributed by atoms with Crippen LogP contribution in [0.2, 0.25) is 0 Å². The molecule has 0 aromatic heterocycles. The van der Waals surface area contributed by atoms with E-state index in [0.717, 1.165) is 0 Å². The fraction of sp³-hybridized carbons (Fsp3) is 1.00. The Labute approximate surface area is 126 Å². The quantitative estimate of drug-likeness (QED) is 0.269. The van der Waals surface area contributed by atoms with Gasteiger partial charge in [0.15, 0.2) is 12.6 Å². The third-order valence-corrected chi connectivity index (χ3v) is 3.94. The highest BCUT2D eigenvalue weighted by Crippen LogP contribution is 2.28. The number of aliphatic hydroxyl groups excluding tert-OH is 7. The fourth-order valence-electron chi connectivity index (χ4n) is 2.51. The average Bonchev–Trinajstić information content (AvgIpc) is 2.49. The van der Waals surface area contributed by atoms with E-state index in [4.69, 9.17) is 19.3 Å². The summed E-state index contributed by atoms with van der Waals surface area (Å²) in [7, 11) is 0. The molecule has 22 heavy (non-hydrogen) atoms. The fourth-order valence-corrected chi connectivity index (χ4v) is 2.51. The predicted molar refractivity (Wildman–Crippen MR) is 67.2 cm³/mol. The van der Waals surface area contributed by atoms with Crippen LogP contribution < -0.4 is 0 Å². The van der Waals surface area contributed by atoms with Gasteiger partial charge in [0, 0.05) is 0 Å². The second-order valence-corrected chi connectivity index (χ2v) is 5.51. The minimum absolute atomic E-state index is 0.636. The second-order valence-electron chi connectivity index (χ2n) is 5.51. The van der Waals surface area contributed by atoms with Crippen LogP contribution in [0.5, 0.6) is 0 Å². The molecule has 130 valence electrons. The van der Waals surface area contributed by atoms with Crippen molar-refractivity contribution in [2.24, 2.45) is 0 Å². The molecular formula is C12H22O10. The van der Waals surface area contributed by atoms with E-state index in [1.807, 2.05) is 0 Å². The van der Waals surface area contributed by atoms with Gasteiger partial charge in [-0.2, -0.15) is 0 Å². The molecular weight excluding hydrogens is 304 g/mol. The number of hydrogen-bond donors (Lipinski definition) is 7. The van der Waals surface area contributed by atoms with Gasteiger partial charge in [-0.25, -0.2) is 0 Å². The van der Waals surface area contributed by atoms with Gasteiger partial charge >= 0.3 is 0 Å². The molecule has 0 unspecified atom stereocenters. The summed E-state index contributed by atoms with van der Waals surface area (Å²) in [4.78, 5) is 0. The third kappa shape index (κ3) is 3.26. The van der Waals surface area contributed by atoms with E-state index in [-0.39, 0.29) is 0 Å². The molecule has 0 aromatic rings. The lowest BCUT2D eigenvalue weighted by Gasteiger charge is -2.44. The zero-order chi connectivity index (χ0) is 16.6. The maximum Gasteiger partial charge on any atom is 0.187 e. The van der Waals surface area contributed by atoms with Crippen LogP contribution in [0.3, 0.4) is 0 Å². The van der Waals surface area contributed by atoms with Gasteiger partial charge in [-0.3, -0.25) is 0 Å². The summed E-state index contributed by atoms with van der Waals surface area (Å²) in [6, 6.07) is 0. The summed E-state index contributed by atoms with van der Waals surface area (Å²) in [5.41, 5.74) is 0. The van der Waals surface area contributed by atoms with Crippen LogP contribution in [0, 0.1) is 0 Å². The van der Waals surface area contributed by atoms with Crippen molar-refractivity contribution in [3.05, 3.63) is 0 Å². The first-order valence-electron chi connectivity index (χ1n) is 6.93. The van der Waals surface area contributed by atoms with Crippen molar-refractivity contribution in [3.8, 4) is 0 Å². The Bertz CT molecular complexity index is 352. The van der Waals surface area contributed by atoms with Gasteiger partial charge in [-0.15, -0.1) is 0 Å². The minimum atomic E-state index is -1.67. The molecule has 2 fully saturated rings. The molecule has 2 aliphatic heterocycles. The van der Waals surface area contributed by atoms with Crippen molar-refractivity contribution in [3.63, 3.8) is 0 Å². The first-order valence-corrected chi connectivity index (χ1v) is 6.93. The van der Waals surface area contributed by atoms with E-state index in [9.17, 15) is 30.6 Å². The summed E-state index contributed by atoms with van der Waals surface area (Å²) in [5, 5.41) is 67.6. The Hall–Kier alpha value is -0.400. The number of rotatable bonds is 3. The highest BCUT2D eigenvalue weighted by atomic mass is 16.7. The lowest BCUT2D eigenvalue weighted by molar-refractivity contribution is -0.353. The lowest BCUT2D eigenvalue weighted by Crippen LogP contribution is -2.63. The van der Waals surface area contributed by atoms with Gasteiger partial charge in [0.2, 0.25) is 0 Å². The van der Waals surface area contributed by atoms with Gasteiger partial charge in [0.1, 0.15) is 42.7 Å². The van der Waals surface area contributed by atoms with Gasteiger partial charge in [0.25, 0.3) is 0 Å². The first kappa shape index (κ1) is 17.9. The topological polar surface area (TPSA) is 169 Å². The Morgan fingerprint density at radius 1 is 0.818 bits per heavy atom. The maximum absolute atomic E-state index is 9.96. The van der Waals surface area contributed by atoms with Gasteiger partial charge in [-0.1, -0.05) is 0 Å². The molecule has 0 saturated carbocycles. The van der Waals surface area contributed by atoms with E-state index in [2.05, 4.69) is 0 Å². The molecule has 10 nitrogen and oxygen atoms in total. The van der Waals surface area contributed by atoms with Gasteiger partial charge in [0.05, 0.1) is 12.7 Å². The zero-order valence-corrected chi connectivity index (χ0v) is 11.8. The molecule has 0 aromatic carbocycles. The number of ether oxygens (including phenoxy) is 3. The number of hydrogen-bond acceptors (Lipinski definition) is 10. The van der Waals surface area contributed by atoms with Crippen molar-refractivity contribution in [2.75, 3.05) is 6.61 Å². The Morgan fingerprint density at radius 3 is 2.05 bits per heavy atom. The average molecular weight is 326 g/mol. The number of aliphatic hydroxyl groups is 7. The summed E-state index contributed by atoms with van der Waals surface area (Å²) >= 11 is 0. The molecule has 0 spiro atoms. The molecule has 0 radical (unpaired) electrons. The van der Waals surface area contributed by atoms with E-state index >= 15 is 0 Å². The van der Waals surface area contributed by atoms with Crippen LogP contribution in [0.25, 0.3) is 0 Å². The Morgan fingerprint density at radius 2 is 1.45 bits per heavy atom. The Kier molecular flexibility index (Phi) is 5.72. The van der Waals surface area contributed by atoms with Crippen LogP contribution in [-0.2, 0) is 14.2 Å². The molecule has 0 aliphatic carbocycles. The monoisotopic (exact) mass is 326 g/mol. The van der Waals surface area contributed by atoms with E-state index in [1.165, 1.54) is 6.92 Å². The van der Waals surface area contributed by atoms with Crippen LogP contribution in [0.1, 0.15) is 6.92 Å². The van der Waals surface area contributed by atoms with Crippen molar-refractivity contribution >= 4 is 0 Å². The summed E-state index contributed by atoms with van der Waals surface area (Å²) in [6.07, 6.45) is -14.3. The highest BCUT2D eigenvalue weighted by molar-refractivity contribution is 4.92. The second kappa shape index (κ2) is 7.01. The van der Waals surface area contributed by atoms with Crippen molar-refractivity contribution in [1.29, 1.82) is 0 Å². The highest BCUT2D eigenvalue weighted by Gasteiger charge is 2.49. The smallest absolute Gasteiger partial charge is 0.187 e. The van der Waals surface area contributed by atoms with E-state index in [0.29, 0.717) is 0 Å². The first-order chi connectivity index (χ1) is 10.3. The molecule has 10 atom stereocenters. The normalized spacial score (nSPS) is 53.5. The van der Waals surface area contributed by atoms with E-state index < -0.39 is 68.0 Å². The standard InChI is InChI=1S/C12H22O10/c1-3-5(14)10(9(18)11(19)20-3)22-12-8(17)7(16)6(15)4(2-13)21-12/h3-19H,2H2,1H3/t3-,4+,5-,6-,7-,8+,9+,10+,11+,12-/m0/s1. The third-order valence-electron chi connectivity index (χ3n) is 3.94. The van der Waals surface area contributed by atoms with E-state index in [1.54, 1.807) is 0 Å². The summed E-state index contributed by atoms with van der Waals surface area (Å²) in [6.45, 7) is 0.812. The van der Waals surface area contributed by atoms with Crippen LogP contribution >= 0.6 is 0 Å². The predicted octanol–water partition coefficient (Wildman–Crippen LogP) is -4.37. The Balaban J connectivity index is 2.10. The van der Waals surface area contributed by atoms with Crippen molar-refractivity contribution < 1.29 is 50.0 Å². The molecule has 2 saturated heterocycles. The molecule has 2 heterocycles. The summed E-state index contributed by atoms with van der Waals surface area (Å²) in [5.74, 6) is 0. The molecule has 7 N–H and O–H groups in total. The molecule has 0 bridgehead atoms. The molecule has 2 aliphatic rings. The molecule has 0 amide bonds. The SMILES string of the molecule is C[C@@H]1O[C@@H](O)[C@H](O)[C@H](O[C@@H]2O[C@H](CO)[C@H](O)[C@H](O)[C@H]2O)[C@H]1O. The summed E-state index contributed by atoms with van der Waals surface area (Å²) < 4.78 is 15.3. The van der Waals surface area contributed by atoms with Crippen LogP contribution in [0.4, 0.5) is 0 Å². The molecule has 10 heteroatoms. The lowest BCUT2D eigenvalue weighted by atomic mass is 9.97.